The Labute approximate surface area is 223 Å². The lowest BCUT2D eigenvalue weighted by Gasteiger charge is -2.25. The van der Waals surface area contributed by atoms with Gasteiger partial charge in [-0.2, -0.15) is 11.8 Å². The number of carbonyl (C=O) groups is 6. The molecule has 0 saturated carbocycles. The zero-order valence-corrected chi connectivity index (χ0v) is 21.7. The zero-order valence-electron chi connectivity index (χ0n) is 20.9. The van der Waals surface area contributed by atoms with Crippen LogP contribution < -0.4 is 21.7 Å². The molecule has 14 heteroatoms. The van der Waals surface area contributed by atoms with Gasteiger partial charge in [0.05, 0.1) is 6.04 Å². The second-order valence-electron chi connectivity index (χ2n) is 8.46. The Morgan fingerprint density at radius 3 is 1.79 bits per heavy atom. The van der Waals surface area contributed by atoms with Crippen LogP contribution in [-0.4, -0.2) is 87.1 Å². The lowest BCUT2D eigenvalue weighted by Crippen LogP contribution is -2.57. The molecule has 1 rings (SSSR count). The minimum absolute atomic E-state index is 0.0590. The van der Waals surface area contributed by atoms with Crippen molar-refractivity contribution in [3.05, 3.63) is 35.9 Å². The van der Waals surface area contributed by atoms with E-state index in [0.717, 1.165) is 0 Å². The molecule has 1 aromatic carbocycles. The van der Waals surface area contributed by atoms with E-state index in [0.29, 0.717) is 17.7 Å². The number of nitrogens with one attached hydrogen (secondary N) is 3. The predicted octanol–water partition coefficient (Wildman–Crippen LogP) is -0.422. The first-order chi connectivity index (χ1) is 17.9. The van der Waals surface area contributed by atoms with Crippen molar-refractivity contribution in [2.45, 2.75) is 62.7 Å². The van der Waals surface area contributed by atoms with Gasteiger partial charge in [0, 0.05) is 19.3 Å². The Kier molecular flexibility index (Phi) is 14.5. The normalized spacial score (nSPS) is 13.8. The van der Waals surface area contributed by atoms with Crippen LogP contribution in [0, 0.1) is 0 Å². The van der Waals surface area contributed by atoms with Crippen LogP contribution in [0.5, 0.6) is 0 Å². The van der Waals surface area contributed by atoms with Crippen LogP contribution in [0.4, 0.5) is 0 Å². The maximum Gasteiger partial charge on any atom is 0.326 e. The molecular weight excluding hydrogens is 520 g/mol. The summed E-state index contributed by atoms with van der Waals surface area (Å²) in [4.78, 5) is 72.2. The predicted molar refractivity (Wildman–Crippen MR) is 138 cm³/mol. The third kappa shape index (κ3) is 12.5. The third-order valence-corrected chi connectivity index (χ3v) is 6.07. The highest BCUT2D eigenvalue weighted by atomic mass is 32.2. The number of benzene rings is 1. The quantitative estimate of drug-likeness (QED) is 0.123. The van der Waals surface area contributed by atoms with Gasteiger partial charge in [-0.15, -0.1) is 0 Å². The number of amides is 3. The minimum Gasteiger partial charge on any atom is -0.481 e. The van der Waals surface area contributed by atoms with E-state index in [-0.39, 0.29) is 19.3 Å². The molecule has 38 heavy (non-hydrogen) atoms. The molecule has 0 aliphatic carbocycles. The maximum atomic E-state index is 13.1. The Bertz CT molecular complexity index is 977. The molecule has 4 unspecified atom stereocenters. The number of hydrogen-bond donors (Lipinski definition) is 7. The summed E-state index contributed by atoms with van der Waals surface area (Å²) in [6.45, 7) is 0. The number of aliphatic carboxylic acids is 3. The summed E-state index contributed by atoms with van der Waals surface area (Å²) in [5, 5.41) is 34.5. The van der Waals surface area contributed by atoms with E-state index in [1.807, 2.05) is 6.26 Å². The summed E-state index contributed by atoms with van der Waals surface area (Å²) >= 11 is 1.48. The van der Waals surface area contributed by atoms with Gasteiger partial charge in [0.1, 0.15) is 18.1 Å². The van der Waals surface area contributed by atoms with Crippen LogP contribution in [0.15, 0.2) is 30.3 Å². The van der Waals surface area contributed by atoms with Crippen LogP contribution >= 0.6 is 11.8 Å². The van der Waals surface area contributed by atoms with Crippen molar-refractivity contribution >= 4 is 47.4 Å². The van der Waals surface area contributed by atoms with Gasteiger partial charge in [-0.25, -0.2) is 4.79 Å². The maximum absolute atomic E-state index is 13.1. The van der Waals surface area contributed by atoms with Gasteiger partial charge in [0.15, 0.2) is 0 Å². The first kappa shape index (κ1) is 32.4. The van der Waals surface area contributed by atoms with Crippen molar-refractivity contribution in [2.24, 2.45) is 5.73 Å². The molecule has 3 amide bonds. The van der Waals surface area contributed by atoms with Crippen molar-refractivity contribution in [1.82, 2.24) is 16.0 Å². The van der Waals surface area contributed by atoms with E-state index in [9.17, 15) is 33.9 Å². The van der Waals surface area contributed by atoms with E-state index in [2.05, 4.69) is 16.0 Å². The van der Waals surface area contributed by atoms with Crippen molar-refractivity contribution < 1.29 is 44.1 Å². The molecule has 0 heterocycles. The number of rotatable bonds is 18. The Balaban J connectivity index is 3.12. The van der Waals surface area contributed by atoms with Crippen molar-refractivity contribution in [1.29, 1.82) is 0 Å². The van der Waals surface area contributed by atoms with E-state index in [1.54, 1.807) is 30.3 Å². The van der Waals surface area contributed by atoms with Gasteiger partial charge in [-0.1, -0.05) is 30.3 Å². The molecule has 0 fully saturated rings. The minimum atomic E-state index is -1.52. The smallest absolute Gasteiger partial charge is 0.326 e. The van der Waals surface area contributed by atoms with Crippen molar-refractivity contribution in [2.75, 3.05) is 12.0 Å². The van der Waals surface area contributed by atoms with Crippen LogP contribution in [-0.2, 0) is 35.2 Å². The third-order valence-electron chi connectivity index (χ3n) is 5.43. The molecule has 0 aromatic heterocycles. The van der Waals surface area contributed by atoms with Gasteiger partial charge in [-0.05, 0) is 36.8 Å². The van der Waals surface area contributed by atoms with Crippen LogP contribution in [0.3, 0.4) is 0 Å². The molecule has 13 nitrogen and oxygen atoms in total. The van der Waals surface area contributed by atoms with E-state index < -0.39 is 72.6 Å². The number of thioether (sulfide) groups is 1. The molecule has 0 saturated heterocycles. The summed E-state index contributed by atoms with van der Waals surface area (Å²) < 4.78 is 0. The molecule has 0 radical (unpaired) electrons. The Hall–Kier alpha value is -3.65. The highest BCUT2D eigenvalue weighted by Crippen LogP contribution is 2.08. The SMILES string of the molecule is CSCCC(N)C(=O)NC(CCC(=O)O)C(=O)NC(Cc1ccccc1)C(=O)NC(CCC(=O)O)C(=O)O. The van der Waals surface area contributed by atoms with E-state index >= 15 is 0 Å². The largest absolute Gasteiger partial charge is 0.481 e. The zero-order chi connectivity index (χ0) is 28.7. The standard InChI is InChI=1S/C24H34N4O9S/c1-38-12-11-15(25)21(33)26-16(7-9-19(29)30)22(34)28-18(13-14-5-3-2-4-6-14)23(35)27-17(24(36)37)8-10-20(31)32/h2-6,15-18H,7-13,25H2,1H3,(H,26,33)(H,27,35)(H,28,34)(H,29,30)(H,31,32)(H,36,37). The Morgan fingerprint density at radius 2 is 1.26 bits per heavy atom. The van der Waals surface area contributed by atoms with Crippen LogP contribution in [0.25, 0.3) is 0 Å². The molecule has 0 aliphatic rings. The number of carbonyl (C=O) groups excluding carboxylic acids is 3. The molecule has 1 aromatic rings. The second-order valence-corrected chi connectivity index (χ2v) is 9.45. The van der Waals surface area contributed by atoms with E-state index in [1.165, 1.54) is 11.8 Å². The van der Waals surface area contributed by atoms with Crippen LogP contribution in [0.2, 0.25) is 0 Å². The fourth-order valence-corrected chi connectivity index (χ4v) is 3.81. The summed E-state index contributed by atoms with van der Waals surface area (Å²) in [6, 6.07) is 3.40. The average molecular weight is 555 g/mol. The highest BCUT2D eigenvalue weighted by molar-refractivity contribution is 7.98. The fraction of sp³-hybridized carbons (Fsp3) is 0.500. The van der Waals surface area contributed by atoms with Crippen molar-refractivity contribution in [3.63, 3.8) is 0 Å². The summed E-state index contributed by atoms with van der Waals surface area (Å²) in [5.41, 5.74) is 6.48. The van der Waals surface area contributed by atoms with Gasteiger partial charge in [-0.3, -0.25) is 24.0 Å². The van der Waals surface area contributed by atoms with Gasteiger partial charge >= 0.3 is 17.9 Å². The number of hydrogen-bond acceptors (Lipinski definition) is 8. The molecule has 8 N–H and O–H groups in total. The lowest BCUT2D eigenvalue weighted by atomic mass is 10.0. The highest BCUT2D eigenvalue weighted by Gasteiger charge is 2.31. The van der Waals surface area contributed by atoms with Gasteiger partial charge in [0.25, 0.3) is 0 Å². The first-order valence-electron chi connectivity index (χ1n) is 11.8. The van der Waals surface area contributed by atoms with Crippen LogP contribution in [0.1, 0.15) is 37.7 Å². The Morgan fingerprint density at radius 1 is 0.763 bits per heavy atom. The van der Waals surface area contributed by atoms with Gasteiger partial charge < -0.3 is 37.0 Å². The molecular formula is C24H34N4O9S. The lowest BCUT2D eigenvalue weighted by molar-refractivity contribution is -0.143. The monoisotopic (exact) mass is 554 g/mol. The molecule has 0 aliphatic heterocycles. The van der Waals surface area contributed by atoms with E-state index in [4.69, 9.17) is 15.9 Å². The molecule has 0 bridgehead atoms. The second kappa shape index (κ2) is 17.0. The number of carboxylic acids is 3. The summed E-state index contributed by atoms with van der Waals surface area (Å²) in [7, 11) is 0. The van der Waals surface area contributed by atoms with Crippen molar-refractivity contribution in [3.8, 4) is 0 Å². The number of carboxylic acid groups (broad SMARTS) is 3. The molecule has 0 spiro atoms. The average Bonchev–Trinajstić information content (AvgIpc) is 2.86. The van der Waals surface area contributed by atoms with Gasteiger partial charge in [0.2, 0.25) is 17.7 Å². The molecule has 4 atom stereocenters. The molecule has 210 valence electrons. The number of nitrogens with two attached hydrogens (primary N) is 1. The fourth-order valence-electron chi connectivity index (χ4n) is 3.32. The topological polar surface area (TPSA) is 225 Å². The summed E-state index contributed by atoms with van der Waals surface area (Å²) in [5.74, 6) is -5.71. The first-order valence-corrected chi connectivity index (χ1v) is 13.2. The summed E-state index contributed by atoms with van der Waals surface area (Å²) in [6.07, 6.45) is 0.480.